The lowest BCUT2D eigenvalue weighted by atomic mass is 10.2. The third-order valence-corrected chi connectivity index (χ3v) is 6.72. The van der Waals surface area contributed by atoms with Gasteiger partial charge in [0, 0.05) is 10.0 Å². The highest BCUT2D eigenvalue weighted by Gasteiger charge is 2.15. The van der Waals surface area contributed by atoms with Crippen LogP contribution in [0.25, 0.3) is 0 Å². The van der Waals surface area contributed by atoms with Crippen molar-refractivity contribution in [2.75, 3.05) is 0 Å². The third kappa shape index (κ3) is 7.03. The predicted octanol–water partition coefficient (Wildman–Crippen LogP) is 5.56. The van der Waals surface area contributed by atoms with Gasteiger partial charge in [-0.3, -0.25) is 4.79 Å². The summed E-state index contributed by atoms with van der Waals surface area (Å²) in [5.74, 6) is 0.441. The van der Waals surface area contributed by atoms with Crippen LogP contribution in [0.4, 0.5) is 0 Å². The monoisotopic (exact) mass is 564 g/mol. The number of hydrazone groups is 1. The van der Waals surface area contributed by atoms with Crippen molar-refractivity contribution in [2.45, 2.75) is 11.5 Å². The highest BCUT2D eigenvalue weighted by molar-refractivity contribution is 9.10. The van der Waals surface area contributed by atoms with E-state index in [-0.39, 0.29) is 16.6 Å². The lowest BCUT2D eigenvalue weighted by molar-refractivity contribution is 0.0955. The van der Waals surface area contributed by atoms with Gasteiger partial charge in [0.2, 0.25) is 0 Å². The summed E-state index contributed by atoms with van der Waals surface area (Å²) in [6, 6.07) is 28.8. The Hall–Kier alpha value is -3.95. The number of benzene rings is 4. The molecule has 0 aromatic heterocycles. The van der Waals surface area contributed by atoms with Crippen molar-refractivity contribution < 1.29 is 22.1 Å². The fourth-order valence-corrected chi connectivity index (χ4v) is 4.27. The average molecular weight is 565 g/mol. The Kier molecular flexibility index (Phi) is 8.14. The fraction of sp³-hybridized carbons (Fsp3) is 0.0370. The van der Waals surface area contributed by atoms with Crippen molar-refractivity contribution in [3.05, 3.63) is 124 Å². The molecule has 0 aliphatic carbocycles. The van der Waals surface area contributed by atoms with Crippen LogP contribution in [0.5, 0.6) is 11.5 Å². The van der Waals surface area contributed by atoms with Crippen LogP contribution in [0.3, 0.4) is 0 Å². The van der Waals surface area contributed by atoms with Gasteiger partial charge >= 0.3 is 10.1 Å². The van der Waals surface area contributed by atoms with E-state index in [2.05, 4.69) is 26.5 Å². The Morgan fingerprint density at radius 2 is 1.47 bits per heavy atom. The Morgan fingerprint density at radius 3 is 2.14 bits per heavy atom. The first-order valence-corrected chi connectivity index (χ1v) is 13.0. The molecule has 0 radical (unpaired) electrons. The Bertz CT molecular complexity index is 1440. The molecular weight excluding hydrogens is 544 g/mol. The highest BCUT2D eigenvalue weighted by Crippen LogP contribution is 2.19. The molecular formula is C27H21BrN2O5S. The van der Waals surface area contributed by atoms with E-state index < -0.39 is 10.1 Å². The van der Waals surface area contributed by atoms with E-state index in [1.54, 1.807) is 54.6 Å². The van der Waals surface area contributed by atoms with Gasteiger partial charge in [-0.2, -0.15) is 13.5 Å². The number of halogens is 1. The first kappa shape index (κ1) is 25.2. The van der Waals surface area contributed by atoms with Crippen LogP contribution >= 0.6 is 15.9 Å². The Balaban J connectivity index is 1.27. The number of carbonyl (C=O) groups excluding carboxylic acids is 1. The number of rotatable bonds is 9. The van der Waals surface area contributed by atoms with Gasteiger partial charge in [-0.15, -0.1) is 0 Å². The van der Waals surface area contributed by atoms with Crippen LogP contribution in [0.2, 0.25) is 0 Å². The van der Waals surface area contributed by atoms with Gasteiger partial charge in [-0.25, -0.2) is 5.43 Å². The van der Waals surface area contributed by atoms with E-state index in [0.717, 1.165) is 10.0 Å². The zero-order valence-corrected chi connectivity index (χ0v) is 21.3. The van der Waals surface area contributed by atoms with E-state index in [4.69, 9.17) is 8.92 Å². The largest absolute Gasteiger partial charge is 0.489 e. The van der Waals surface area contributed by atoms with E-state index in [1.165, 1.54) is 30.5 Å². The number of nitrogens with one attached hydrogen (secondary N) is 1. The molecule has 0 heterocycles. The third-order valence-electron chi connectivity index (χ3n) is 4.93. The van der Waals surface area contributed by atoms with Gasteiger partial charge in [0.15, 0.2) is 0 Å². The molecule has 1 N–H and O–H groups in total. The van der Waals surface area contributed by atoms with E-state index >= 15 is 0 Å². The van der Waals surface area contributed by atoms with Crippen molar-refractivity contribution in [3.63, 3.8) is 0 Å². The van der Waals surface area contributed by atoms with Crippen LogP contribution in [0.15, 0.2) is 118 Å². The summed E-state index contributed by atoms with van der Waals surface area (Å²) in [5.41, 5.74) is 4.57. The first-order valence-electron chi connectivity index (χ1n) is 10.8. The number of nitrogens with zero attached hydrogens (tertiary/aromatic N) is 1. The minimum Gasteiger partial charge on any atom is -0.489 e. The standard InChI is InChI=1S/C27H21BrN2O5S/c28-23-12-6-21(7-13-23)19-34-24-16-10-22(11-17-24)27(31)30-29-18-20-8-14-25(15-9-20)35-36(32,33)26-4-2-1-3-5-26/h1-18H,19H2,(H,30,31). The van der Waals surface area contributed by atoms with Crippen LogP contribution in [-0.2, 0) is 16.7 Å². The maximum atomic E-state index is 12.3. The zero-order chi connectivity index (χ0) is 25.4. The smallest absolute Gasteiger partial charge is 0.339 e. The van der Waals surface area contributed by atoms with Gasteiger partial charge in [0.05, 0.1) is 6.21 Å². The fourth-order valence-electron chi connectivity index (χ4n) is 3.05. The molecule has 0 aliphatic heterocycles. The zero-order valence-electron chi connectivity index (χ0n) is 18.9. The molecule has 36 heavy (non-hydrogen) atoms. The number of hydrogen-bond acceptors (Lipinski definition) is 6. The number of hydrogen-bond donors (Lipinski definition) is 1. The SMILES string of the molecule is O=C(NN=Cc1ccc(OS(=O)(=O)c2ccccc2)cc1)c1ccc(OCc2ccc(Br)cc2)cc1. The molecule has 4 rings (SSSR count). The van der Waals surface area contributed by atoms with Crippen molar-refractivity contribution in [3.8, 4) is 11.5 Å². The molecule has 4 aromatic carbocycles. The molecule has 0 unspecified atom stereocenters. The molecule has 0 aliphatic rings. The molecule has 182 valence electrons. The van der Waals surface area contributed by atoms with E-state index in [0.29, 0.717) is 23.5 Å². The number of ether oxygens (including phenoxy) is 1. The Labute approximate surface area is 217 Å². The maximum absolute atomic E-state index is 12.3. The second-order valence-electron chi connectivity index (χ2n) is 7.56. The lowest BCUT2D eigenvalue weighted by Crippen LogP contribution is -2.17. The summed E-state index contributed by atoms with van der Waals surface area (Å²) in [4.78, 5) is 12.4. The van der Waals surface area contributed by atoms with Crippen LogP contribution in [0.1, 0.15) is 21.5 Å². The topological polar surface area (TPSA) is 94.1 Å². The number of amides is 1. The second kappa shape index (κ2) is 11.7. The Morgan fingerprint density at radius 1 is 0.833 bits per heavy atom. The second-order valence-corrected chi connectivity index (χ2v) is 10.0. The maximum Gasteiger partial charge on any atom is 0.339 e. The van der Waals surface area contributed by atoms with Gasteiger partial charge < -0.3 is 8.92 Å². The van der Waals surface area contributed by atoms with Crippen LogP contribution in [-0.4, -0.2) is 20.5 Å². The summed E-state index contributed by atoms with van der Waals surface area (Å²) in [7, 11) is -3.91. The molecule has 0 saturated carbocycles. The van der Waals surface area contributed by atoms with E-state index in [1.807, 2.05) is 24.3 Å². The van der Waals surface area contributed by atoms with Gasteiger partial charge in [0.1, 0.15) is 23.0 Å². The predicted molar refractivity (Wildman–Crippen MR) is 141 cm³/mol. The molecule has 0 fully saturated rings. The summed E-state index contributed by atoms with van der Waals surface area (Å²) >= 11 is 3.40. The van der Waals surface area contributed by atoms with Gasteiger partial charge in [-0.1, -0.05) is 46.3 Å². The summed E-state index contributed by atoms with van der Waals surface area (Å²) in [6.45, 7) is 0.422. The number of carbonyl (C=O) groups is 1. The molecule has 9 heteroatoms. The first-order chi connectivity index (χ1) is 17.4. The summed E-state index contributed by atoms with van der Waals surface area (Å²) in [6.07, 6.45) is 1.45. The van der Waals surface area contributed by atoms with Crippen molar-refractivity contribution in [1.29, 1.82) is 0 Å². The highest BCUT2D eigenvalue weighted by atomic mass is 79.9. The summed E-state index contributed by atoms with van der Waals surface area (Å²) < 4.78 is 36.5. The molecule has 0 spiro atoms. The molecule has 4 aromatic rings. The quantitative estimate of drug-likeness (QED) is 0.163. The minimum absolute atomic E-state index is 0.0718. The molecule has 7 nitrogen and oxygen atoms in total. The molecule has 0 bridgehead atoms. The lowest BCUT2D eigenvalue weighted by Gasteiger charge is -2.07. The van der Waals surface area contributed by atoms with Gasteiger partial charge in [0.25, 0.3) is 5.91 Å². The van der Waals surface area contributed by atoms with Gasteiger partial charge in [-0.05, 0) is 83.9 Å². The van der Waals surface area contributed by atoms with Crippen molar-refractivity contribution in [1.82, 2.24) is 5.43 Å². The van der Waals surface area contributed by atoms with Crippen LogP contribution < -0.4 is 14.3 Å². The van der Waals surface area contributed by atoms with Crippen molar-refractivity contribution in [2.24, 2.45) is 5.10 Å². The average Bonchev–Trinajstić information content (AvgIpc) is 2.90. The summed E-state index contributed by atoms with van der Waals surface area (Å²) in [5, 5.41) is 3.96. The normalized spacial score (nSPS) is 11.2. The van der Waals surface area contributed by atoms with E-state index in [9.17, 15) is 13.2 Å². The molecule has 0 saturated heterocycles. The molecule has 1 amide bonds. The van der Waals surface area contributed by atoms with Crippen LogP contribution in [0, 0.1) is 0 Å². The molecule has 0 atom stereocenters. The minimum atomic E-state index is -3.91. The van der Waals surface area contributed by atoms with Crippen molar-refractivity contribution >= 4 is 38.2 Å².